The lowest BCUT2D eigenvalue weighted by Gasteiger charge is -2.27. The fraction of sp³-hybridized carbons (Fsp3) is 0.667. The van der Waals surface area contributed by atoms with Crippen molar-refractivity contribution in [2.45, 2.75) is 65.1 Å². The number of nitrogens with one attached hydrogen (secondary N) is 2. The lowest BCUT2D eigenvalue weighted by molar-refractivity contribution is -0.118. The molecule has 0 aromatic carbocycles. The molecule has 3 rings (SSSR count). The van der Waals surface area contributed by atoms with E-state index in [1.165, 1.54) is 34.8 Å². The van der Waals surface area contributed by atoms with Crippen molar-refractivity contribution in [3.05, 3.63) is 16.7 Å². The quantitative estimate of drug-likeness (QED) is 0.272. The van der Waals surface area contributed by atoms with Gasteiger partial charge in [0.2, 0.25) is 11.9 Å². The normalized spacial score (nSPS) is 19.0. The Morgan fingerprint density at radius 2 is 1.84 bits per heavy atom. The summed E-state index contributed by atoms with van der Waals surface area (Å²) in [5, 5.41) is 2.51. The van der Waals surface area contributed by atoms with E-state index in [4.69, 9.17) is 24.0 Å². The predicted octanol–water partition coefficient (Wildman–Crippen LogP) is 1.41. The van der Waals surface area contributed by atoms with Crippen molar-refractivity contribution >= 4 is 43.0 Å². The van der Waals surface area contributed by atoms with E-state index in [9.17, 15) is 23.7 Å². The Balaban J connectivity index is 1.81. The summed E-state index contributed by atoms with van der Waals surface area (Å²) >= 11 is 0. The molecule has 1 fully saturated rings. The number of anilines is 1. The number of hydrogen-bond donors (Lipinski definition) is 4. The van der Waals surface area contributed by atoms with E-state index in [0.717, 1.165) is 0 Å². The van der Waals surface area contributed by atoms with E-state index in [0.29, 0.717) is 0 Å². The van der Waals surface area contributed by atoms with Crippen LogP contribution in [0.25, 0.3) is 11.2 Å². The average Bonchev–Trinajstić information content (AvgIpc) is 3.48. The predicted molar refractivity (Wildman–Crippen MR) is 150 cm³/mol. The molecule has 43 heavy (non-hydrogen) atoms. The van der Waals surface area contributed by atoms with Gasteiger partial charge < -0.3 is 33.8 Å². The number of rotatable bonds is 10. The summed E-state index contributed by atoms with van der Waals surface area (Å²) in [5.74, 6) is -0.934. The monoisotopic (exact) mass is 631 g/mol. The van der Waals surface area contributed by atoms with Gasteiger partial charge >= 0.3 is 20.0 Å². The zero-order chi connectivity index (χ0) is 32.3. The van der Waals surface area contributed by atoms with E-state index in [-0.39, 0.29) is 36.6 Å². The molecule has 1 aliphatic heterocycles. The van der Waals surface area contributed by atoms with Gasteiger partial charge in [0.1, 0.15) is 5.60 Å². The van der Waals surface area contributed by atoms with Gasteiger partial charge in [0.25, 0.3) is 5.56 Å². The van der Waals surface area contributed by atoms with Crippen LogP contribution >= 0.6 is 7.82 Å². The minimum absolute atomic E-state index is 0.00208. The van der Waals surface area contributed by atoms with Crippen molar-refractivity contribution in [3.8, 4) is 0 Å². The Labute approximate surface area is 246 Å². The number of ether oxygens (including phenoxy) is 3. The van der Waals surface area contributed by atoms with E-state index < -0.39 is 68.0 Å². The third-order valence-corrected chi connectivity index (χ3v) is 6.57. The third kappa shape index (κ3) is 9.46. The summed E-state index contributed by atoms with van der Waals surface area (Å²) in [6, 6.07) is 0. The summed E-state index contributed by atoms with van der Waals surface area (Å²) in [7, 11) is -1.85. The summed E-state index contributed by atoms with van der Waals surface area (Å²) in [5.41, 5.74) is -1.43. The molecule has 0 radical (unpaired) electrons. The molecule has 4 N–H and O–H groups in total. The average molecular weight is 632 g/mol. The van der Waals surface area contributed by atoms with Gasteiger partial charge in [-0.15, -0.1) is 0 Å². The Morgan fingerprint density at radius 1 is 1.21 bits per heavy atom. The van der Waals surface area contributed by atoms with Crippen LogP contribution in [0.3, 0.4) is 0 Å². The summed E-state index contributed by atoms with van der Waals surface area (Å²) in [6.07, 6.45) is -3.27. The van der Waals surface area contributed by atoms with Crippen molar-refractivity contribution < 1.29 is 47.5 Å². The fourth-order valence-electron chi connectivity index (χ4n) is 3.83. The zero-order valence-electron chi connectivity index (χ0n) is 25.0. The first-order valence-corrected chi connectivity index (χ1v) is 14.9. The molecule has 2 aromatic heterocycles. The highest BCUT2D eigenvalue weighted by molar-refractivity contribution is 7.46. The number of hydrogen-bond acceptors (Lipinski definition) is 11. The lowest BCUT2D eigenvalue weighted by Crippen LogP contribution is -2.41. The second-order valence-corrected chi connectivity index (χ2v) is 12.5. The molecule has 19 heteroatoms. The van der Waals surface area contributed by atoms with Crippen LogP contribution in [0.1, 0.15) is 47.3 Å². The molecular weight excluding hydrogens is 593 g/mol. The Bertz CT molecular complexity index is 1430. The van der Waals surface area contributed by atoms with E-state index >= 15 is 0 Å². The molecule has 3 atom stereocenters. The van der Waals surface area contributed by atoms with Gasteiger partial charge in [0, 0.05) is 39.5 Å². The van der Waals surface area contributed by atoms with Crippen molar-refractivity contribution in [2.24, 2.45) is 5.92 Å². The highest BCUT2D eigenvalue weighted by atomic mass is 31.2. The summed E-state index contributed by atoms with van der Waals surface area (Å²) in [6.45, 7) is 8.22. The van der Waals surface area contributed by atoms with Crippen LogP contribution in [0.15, 0.2) is 11.1 Å². The SMILES string of the molecule is CC(C)C(=O)Nc1nc2c(ncn2[C@@H]2OC(COP(=O)(O)O)C[C@H]2OC(=O)N(C)CCN(C)C(=O)OC(C)(C)C)c(=O)[nH]1. The van der Waals surface area contributed by atoms with Gasteiger partial charge in [0.15, 0.2) is 23.5 Å². The van der Waals surface area contributed by atoms with E-state index in [2.05, 4.69) is 24.8 Å². The number of fused-ring (bicyclic) bond motifs is 1. The number of imidazole rings is 1. The Kier molecular flexibility index (Phi) is 10.6. The topological polar surface area (TPSA) is 228 Å². The van der Waals surface area contributed by atoms with Crippen LogP contribution in [0.4, 0.5) is 15.5 Å². The molecule has 3 amide bonds. The number of aromatic nitrogens is 4. The van der Waals surface area contributed by atoms with Crippen LogP contribution < -0.4 is 10.9 Å². The molecule has 240 valence electrons. The molecule has 1 aliphatic rings. The first-order chi connectivity index (χ1) is 19.8. The number of H-pyrrole nitrogens is 1. The second kappa shape index (κ2) is 13.4. The molecule has 0 aliphatic carbocycles. The van der Waals surface area contributed by atoms with Crippen molar-refractivity contribution in [3.63, 3.8) is 0 Å². The molecular formula is C24H38N7O11P. The molecule has 1 saturated heterocycles. The minimum atomic E-state index is -4.83. The maximum atomic E-state index is 13.0. The Hall–Kier alpha value is -3.57. The summed E-state index contributed by atoms with van der Waals surface area (Å²) < 4.78 is 34.1. The number of nitrogens with zero attached hydrogens (tertiary/aromatic N) is 5. The maximum Gasteiger partial charge on any atom is 0.469 e. The van der Waals surface area contributed by atoms with Crippen LogP contribution in [0.2, 0.25) is 0 Å². The molecule has 0 spiro atoms. The van der Waals surface area contributed by atoms with E-state index in [1.807, 2.05) is 0 Å². The molecule has 18 nitrogen and oxygen atoms in total. The largest absolute Gasteiger partial charge is 0.469 e. The summed E-state index contributed by atoms with van der Waals surface area (Å²) in [4.78, 5) is 81.7. The van der Waals surface area contributed by atoms with Gasteiger partial charge in [-0.25, -0.2) is 19.1 Å². The highest BCUT2D eigenvalue weighted by Crippen LogP contribution is 2.39. The number of phosphoric ester groups is 1. The van der Waals surface area contributed by atoms with Gasteiger partial charge in [-0.2, -0.15) is 4.98 Å². The number of aromatic amines is 1. The van der Waals surface area contributed by atoms with Gasteiger partial charge in [-0.05, 0) is 20.8 Å². The van der Waals surface area contributed by atoms with E-state index in [1.54, 1.807) is 34.6 Å². The van der Waals surface area contributed by atoms with Crippen molar-refractivity contribution in [1.29, 1.82) is 0 Å². The van der Waals surface area contributed by atoms with Crippen LogP contribution in [0.5, 0.6) is 0 Å². The number of phosphoric acid groups is 1. The van der Waals surface area contributed by atoms with Crippen LogP contribution in [-0.2, 0) is 28.1 Å². The van der Waals surface area contributed by atoms with Crippen LogP contribution in [-0.4, -0.2) is 109 Å². The van der Waals surface area contributed by atoms with Gasteiger partial charge in [-0.1, -0.05) is 13.8 Å². The Morgan fingerprint density at radius 3 is 2.42 bits per heavy atom. The van der Waals surface area contributed by atoms with Gasteiger partial charge in [-0.3, -0.25) is 29.0 Å². The highest BCUT2D eigenvalue weighted by Gasteiger charge is 2.41. The van der Waals surface area contributed by atoms with Crippen LogP contribution in [0, 0.1) is 5.92 Å². The number of carbonyl (C=O) groups excluding carboxylic acids is 3. The zero-order valence-corrected chi connectivity index (χ0v) is 25.9. The number of likely N-dealkylation sites (N-methyl/N-ethyl adjacent to an activating group) is 2. The molecule has 3 heterocycles. The van der Waals surface area contributed by atoms with Gasteiger partial charge in [0.05, 0.1) is 19.0 Å². The van der Waals surface area contributed by atoms with Crippen molar-refractivity contribution in [1.82, 2.24) is 29.3 Å². The second-order valence-electron chi connectivity index (χ2n) is 11.3. The molecule has 2 aromatic rings. The standard InChI is InChI=1S/C24H38N7O11P/c1-13(2)18(32)27-21-26-17-16(19(33)28-21)25-12-31(17)20-15(10-14(40-20)11-39-43(36,37)38)41-22(34)29(6)8-9-30(7)23(35)42-24(3,4)5/h12-15,20H,8-11H2,1-7H3,(H2,36,37,38)(H2,26,27,28,32,33)/t14?,15-,20-/m1/s1. The molecule has 0 saturated carbocycles. The first-order valence-electron chi connectivity index (χ1n) is 13.3. The smallest absolute Gasteiger partial charge is 0.444 e. The number of carbonyl (C=O) groups is 3. The maximum absolute atomic E-state index is 13.0. The molecule has 1 unspecified atom stereocenters. The van der Waals surface area contributed by atoms with Crippen molar-refractivity contribution in [2.75, 3.05) is 39.1 Å². The minimum Gasteiger partial charge on any atom is -0.444 e. The molecule has 0 bridgehead atoms. The third-order valence-electron chi connectivity index (χ3n) is 6.09. The fourth-order valence-corrected chi connectivity index (χ4v) is 4.19. The first kappa shape index (κ1) is 33.9. The number of amides is 3. The lowest BCUT2D eigenvalue weighted by atomic mass is 10.2.